The van der Waals surface area contributed by atoms with Crippen molar-refractivity contribution in [2.45, 2.75) is 19.1 Å². The van der Waals surface area contributed by atoms with Gasteiger partial charge in [-0.2, -0.15) is 0 Å². The van der Waals surface area contributed by atoms with Gasteiger partial charge >= 0.3 is 5.97 Å². The Labute approximate surface area is 107 Å². The lowest BCUT2D eigenvalue weighted by molar-refractivity contribution is -0.146. The molecule has 0 saturated heterocycles. The normalized spacial score (nSPS) is 22.2. The predicted octanol–water partition coefficient (Wildman–Crippen LogP) is 1.88. The molecule has 0 bridgehead atoms. The molecule has 0 aromatic carbocycles. The van der Waals surface area contributed by atoms with E-state index >= 15 is 0 Å². The molecule has 1 aromatic rings. The monoisotopic (exact) mass is 298 g/mol. The van der Waals surface area contributed by atoms with E-state index in [1.54, 1.807) is 19.2 Å². The van der Waals surface area contributed by atoms with Crippen LogP contribution in [0.15, 0.2) is 27.9 Å². The largest absolute Gasteiger partial charge is 0.473 e. The predicted molar refractivity (Wildman–Crippen MR) is 64.7 cm³/mol. The van der Waals surface area contributed by atoms with Gasteiger partial charge in [0.1, 0.15) is 4.60 Å². The Morgan fingerprint density at radius 3 is 3.18 bits per heavy atom. The van der Waals surface area contributed by atoms with Gasteiger partial charge in [-0.25, -0.2) is 14.8 Å². The number of rotatable bonds is 3. The highest BCUT2D eigenvalue weighted by atomic mass is 79.9. The van der Waals surface area contributed by atoms with Crippen LogP contribution in [0, 0.1) is 0 Å². The SMILES string of the molecule is CCOC(=O)[C@H]1N=CO[C@H]1c1cccnc1Br. The maximum atomic E-state index is 11.7. The second-order valence-electron chi connectivity index (χ2n) is 3.39. The van der Waals surface area contributed by atoms with Gasteiger partial charge in [-0.3, -0.25) is 0 Å². The second kappa shape index (κ2) is 5.27. The third-order valence-corrected chi connectivity index (χ3v) is 3.00. The molecule has 0 unspecified atom stereocenters. The summed E-state index contributed by atoms with van der Waals surface area (Å²) in [4.78, 5) is 19.8. The van der Waals surface area contributed by atoms with Crippen LogP contribution in [0.25, 0.3) is 0 Å². The van der Waals surface area contributed by atoms with Gasteiger partial charge in [0.05, 0.1) is 6.61 Å². The van der Waals surface area contributed by atoms with Gasteiger partial charge in [0.2, 0.25) is 0 Å². The van der Waals surface area contributed by atoms with Crippen molar-refractivity contribution in [3.63, 3.8) is 0 Å². The maximum Gasteiger partial charge on any atom is 0.335 e. The Balaban J connectivity index is 2.22. The maximum absolute atomic E-state index is 11.7. The van der Waals surface area contributed by atoms with Gasteiger partial charge in [-0.15, -0.1) is 0 Å². The first kappa shape index (κ1) is 12.0. The number of aromatic nitrogens is 1. The standard InChI is InChI=1S/C11H11BrN2O3/c1-2-16-11(15)8-9(17-6-14-8)7-4-3-5-13-10(7)12/h3-6,8-9H,2H2,1H3/t8-,9-/m0/s1. The molecule has 5 nitrogen and oxygen atoms in total. The average molecular weight is 299 g/mol. The topological polar surface area (TPSA) is 60.8 Å². The lowest BCUT2D eigenvalue weighted by Crippen LogP contribution is -2.26. The number of carbonyl (C=O) groups is 1. The fourth-order valence-corrected chi connectivity index (χ4v) is 2.06. The minimum atomic E-state index is -0.657. The number of hydrogen-bond donors (Lipinski definition) is 0. The third kappa shape index (κ3) is 2.46. The Hall–Kier alpha value is -1.43. The average Bonchev–Trinajstić information content (AvgIpc) is 2.79. The van der Waals surface area contributed by atoms with Gasteiger partial charge < -0.3 is 9.47 Å². The van der Waals surface area contributed by atoms with E-state index in [-0.39, 0.29) is 5.97 Å². The smallest absolute Gasteiger partial charge is 0.335 e. The Bertz CT molecular complexity index is 450. The summed E-state index contributed by atoms with van der Waals surface area (Å²) in [5.41, 5.74) is 0.781. The summed E-state index contributed by atoms with van der Waals surface area (Å²) in [6.45, 7) is 2.08. The molecule has 1 aliphatic rings. The molecular formula is C11H11BrN2O3. The van der Waals surface area contributed by atoms with Crippen LogP contribution in [-0.2, 0) is 14.3 Å². The lowest BCUT2D eigenvalue weighted by atomic mass is 10.1. The van der Waals surface area contributed by atoms with E-state index in [9.17, 15) is 4.79 Å². The summed E-state index contributed by atoms with van der Waals surface area (Å²) in [5.74, 6) is -0.387. The number of aliphatic imine (C=N–C) groups is 1. The van der Waals surface area contributed by atoms with Crippen molar-refractivity contribution in [2.24, 2.45) is 4.99 Å². The Morgan fingerprint density at radius 2 is 2.47 bits per heavy atom. The summed E-state index contributed by atoms with van der Waals surface area (Å²) in [5, 5.41) is 0. The van der Waals surface area contributed by atoms with Crippen molar-refractivity contribution < 1.29 is 14.3 Å². The van der Waals surface area contributed by atoms with Gasteiger partial charge in [0.25, 0.3) is 0 Å². The quantitative estimate of drug-likeness (QED) is 0.631. The van der Waals surface area contributed by atoms with Crippen LogP contribution < -0.4 is 0 Å². The molecule has 0 aliphatic carbocycles. The van der Waals surface area contributed by atoms with Gasteiger partial charge in [-0.05, 0) is 28.9 Å². The number of hydrogen-bond acceptors (Lipinski definition) is 5. The highest BCUT2D eigenvalue weighted by Crippen LogP contribution is 2.31. The number of nitrogens with zero attached hydrogens (tertiary/aromatic N) is 2. The Kier molecular flexibility index (Phi) is 3.73. The molecule has 2 rings (SSSR count). The first-order valence-electron chi connectivity index (χ1n) is 5.18. The molecule has 1 aliphatic heterocycles. The Morgan fingerprint density at radius 1 is 1.65 bits per heavy atom. The molecule has 17 heavy (non-hydrogen) atoms. The van der Waals surface area contributed by atoms with Crippen LogP contribution in [0.1, 0.15) is 18.6 Å². The second-order valence-corrected chi connectivity index (χ2v) is 4.14. The van der Waals surface area contributed by atoms with E-state index < -0.39 is 12.1 Å². The molecule has 0 amide bonds. The molecule has 90 valence electrons. The zero-order chi connectivity index (χ0) is 12.3. The zero-order valence-corrected chi connectivity index (χ0v) is 10.8. The van der Waals surface area contributed by atoms with E-state index in [2.05, 4.69) is 25.9 Å². The molecule has 6 heteroatoms. The molecule has 0 saturated carbocycles. The molecular weight excluding hydrogens is 288 g/mol. The van der Waals surface area contributed by atoms with Crippen LogP contribution in [0.3, 0.4) is 0 Å². The van der Waals surface area contributed by atoms with Crippen LogP contribution in [0.4, 0.5) is 0 Å². The molecule has 2 heterocycles. The molecule has 0 radical (unpaired) electrons. The van der Waals surface area contributed by atoms with Crippen LogP contribution in [0.2, 0.25) is 0 Å². The molecule has 0 N–H and O–H groups in total. The van der Waals surface area contributed by atoms with Gasteiger partial charge in [-0.1, -0.05) is 6.07 Å². The molecule has 0 fully saturated rings. The highest BCUT2D eigenvalue weighted by Gasteiger charge is 2.36. The minimum absolute atomic E-state index is 0.325. The summed E-state index contributed by atoms with van der Waals surface area (Å²) in [7, 11) is 0. The first-order valence-corrected chi connectivity index (χ1v) is 5.97. The molecule has 1 aromatic heterocycles. The van der Waals surface area contributed by atoms with Crippen LogP contribution in [0.5, 0.6) is 0 Å². The number of pyridine rings is 1. The minimum Gasteiger partial charge on any atom is -0.473 e. The molecule has 0 spiro atoms. The zero-order valence-electron chi connectivity index (χ0n) is 9.17. The van der Waals surface area contributed by atoms with E-state index in [0.29, 0.717) is 11.2 Å². The fraction of sp³-hybridized carbons (Fsp3) is 0.364. The van der Waals surface area contributed by atoms with E-state index in [1.165, 1.54) is 6.40 Å². The number of halogens is 1. The third-order valence-electron chi connectivity index (χ3n) is 2.34. The lowest BCUT2D eigenvalue weighted by Gasteiger charge is -2.16. The first-order chi connectivity index (χ1) is 8.24. The van der Waals surface area contributed by atoms with Gasteiger partial charge in [0, 0.05) is 11.8 Å². The van der Waals surface area contributed by atoms with E-state index in [1.807, 2.05) is 6.07 Å². The highest BCUT2D eigenvalue weighted by molar-refractivity contribution is 9.10. The van der Waals surface area contributed by atoms with E-state index in [4.69, 9.17) is 9.47 Å². The van der Waals surface area contributed by atoms with Crippen molar-refractivity contribution >= 4 is 28.3 Å². The van der Waals surface area contributed by atoms with Crippen molar-refractivity contribution in [3.05, 3.63) is 28.5 Å². The van der Waals surface area contributed by atoms with Crippen molar-refractivity contribution in [1.82, 2.24) is 4.98 Å². The molecule has 2 atom stereocenters. The van der Waals surface area contributed by atoms with Crippen LogP contribution in [-0.4, -0.2) is 30.0 Å². The number of carbonyl (C=O) groups excluding carboxylic acids is 1. The van der Waals surface area contributed by atoms with Crippen molar-refractivity contribution in [1.29, 1.82) is 0 Å². The summed E-state index contributed by atoms with van der Waals surface area (Å²) < 4.78 is 10.9. The fourth-order valence-electron chi connectivity index (χ4n) is 1.59. The van der Waals surface area contributed by atoms with Gasteiger partial charge in [0.15, 0.2) is 18.5 Å². The number of ether oxygens (including phenoxy) is 2. The summed E-state index contributed by atoms with van der Waals surface area (Å²) in [6.07, 6.45) is 2.46. The summed E-state index contributed by atoms with van der Waals surface area (Å²) >= 11 is 3.32. The number of esters is 1. The summed E-state index contributed by atoms with van der Waals surface area (Å²) in [6, 6.07) is 2.96. The van der Waals surface area contributed by atoms with E-state index in [0.717, 1.165) is 5.56 Å². The van der Waals surface area contributed by atoms with Crippen molar-refractivity contribution in [2.75, 3.05) is 6.61 Å². The van der Waals surface area contributed by atoms with Crippen molar-refractivity contribution in [3.8, 4) is 0 Å². The van der Waals surface area contributed by atoms with Crippen LogP contribution >= 0.6 is 15.9 Å².